The molecule has 0 aromatic carbocycles. The molecule has 0 saturated carbocycles. The Morgan fingerprint density at radius 3 is 2.62 bits per heavy atom. The Hall–Kier alpha value is -0.170. The van der Waals surface area contributed by atoms with E-state index in [1.807, 2.05) is 0 Å². The fourth-order valence-corrected chi connectivity index (χ4v) is 4.92. The molecule has 2 heterocycles. The van der Waals surface area contributed by atoms with Crippen molar-refractivity contribution in [3.63, 3.8) is 0 Å². The first kappa shape index (κ1) is 17.2. The van der Waals surface area contributed by atoms with Crippen LogP contribution in [0.2, 0.25) is 0 Å². The maximum Gasteiger partial charge on any atom is 0.0766 e. The Labute approximate surface area is 147 Å². The highest BCUT2D eigenvalue weighted by atomic mass is 79.9. The molecule has 0 fully saturated rings. The van der Waals surface area contributed by atoms with Gasteiger partial charge in [-0.1, -0.05) is 13.8 Å². The summed E-state index contributed by atoms with van der Waals surface area (Å²) in [4.78, 5) is 1.35. The van der Waals surface area contributed by atoms with E-state index >= 15 is 0 Å². The van der Waals surface area contributed by atoms with Gasteiger partial charge in [0.1, 0.15) is 0 Å². The lowest BCUT2D eigenvalue weighted by atomic mass is 10.1. The van der Waals surface area contributed by atoms with Gasteiger partial charge in [0.25, 0.3) is 0 Å². The number of nitrogens with one attached hydrogen (secondary N) is 1. The van der Waals surface area contributed by atoms with Gasteiger partial charge >= 0.3 is 0 Å². The molecule has 2 aromatic rings. The summed E-state index contributed by atoms with van der Waals surface area (Å²) in [5, 5.41) is 10.4. The lowest BCUT2D eigenvalue weighted by molar-refractivity contribution is 0.519. The third-order valence-electron chi connectivity index (χ3n) is 3.50. The van der Waals surface area contributed by atoms with Gasteiger partial charge in [-0.15, -0.1) is 11.3 Å². The minimum Gasteiger partial charge on any atom is -0.309 e. The molecular formula is C15H21Br2N3S. The number of hydrogen-bond acceptors (Lipinski definition) is 3. The number of halogens is 2. The van der Waals surface area contributed by atoms with E-state index in [1.165, 1.54) is 19.5 Å². The van der Waals surface area contributed by atoms with Gasteiger partial charge in [0, 0.05) is 28.4 Å². The van der Waals surface area contributed by atoms with Gasteiger partial charge < -0.3 is 5.32 Å². The van der Waals surface area contributed by atoms with Crippen LogP contribution in [0.25, 0.3) is 0 Å². The molecule has 1 N–H and O–H groups in total. The SMILES string of the molecule is CCNC(Cc1c(Br)c(CC)nn1CC)c1sccc1Br. The summed E-state index contributed by atoms with van der Waals surface area (Å²) in [5.74, 6) is 0. The number of nitrogens with zero attached hydrogens (tertiary/aromatic N) is 2. The van der Waals surface area contributed by atoms with Crippen molar-refractivity contribution in [3.05, 3.63) is 36.7 Å². The average Bonchev–Trinajstić information content (AvgIpc) is 3.03. The molecule has 0 amide bonds. The van der Waals surface area contributed by atoms with Crippen LogP contribution >= 0.6 is 43.2 Å². The molecule has 0 aliphatic rings. The van der Waals surface area contributed by atoms with Crippen molar-refractivity contribution in [3.8, 4) is 0 Å². The predicted molar refractivity (Wildman–Crippen MR) is 97.1 cm³/mol. The Morgan fingerprint density at radius 2 is 2.10 bits per heavy atom. The van der Waals surface area contributed by atoms with Crippen LogP contribution in [0, 0.1) is 0 Å². The lowest BCUT2D eigenvalue weighted by Crippen LogP contribution is -2.23. The molecule has 0 saturated heterocycles. The molecule has 0 aliphatic carbocycles. The quantitative estimate of drug-likeness (QED) is 0.668. The molecule has 2 aromatic heterocycles. The fraction of sp³-hybridized carbons (Fsp3) is 0.533. The summed E-state index contributed by atoms with van der Waals surface area (Å²) in [5.41, 5.74) is 2.42. The Kier molecular flexibility index (Phi) is 6.47. The van der Waals surface area contributed by atoms with Crippen LogP contribution < -0.4 is 5.32 Å². The van der Waals surface area contributed by atoms with Crippen LogP contribution in [-0.2, 0) is 19.4 Å². The van der Waals surface area contributed by atoms with Crippen molar-refractivity contribution in [2.75, 3.05) is 6.54 Å². The first-order valence-electron chi connectivity index (χ1n) is 7.32. The van der Waals surface area contributed by atoms with E-state index in [4.69, 9.17) is 5.10 Å². The largest absolute Gasteiger partial charge is 0.309 e. The molecule has 0 radical (unpaired) electrons. The van der Waals surface area contributed by atoms with Gasteiger partial charge in [-0.2, -0.15) is 5.10 Å². The van der Waals surface area contributed by atoms with E-state index in [0.29, 0.717) is 6.04 Å². The first-order valence-corrected chi connectivity index (χ1v) is 9.79. The predicted octanol–water partition coefficient (Wildman–Crippen LogP) is 4.95. The summed E-state index contributed by atoms with van der Waals surface area (Å²) < 4.78 is 4.48. The van der Waals surface area contributed by atoms with E-state index < -0.39 is 0 Å². The summed E-state index contributed by atoms with van der Waals surface area (Å²) in [6.07, 6.45) is 1.89. The van der Waals surface area contributed by atoms with Crippen molar-refractivity contribution in [1.82, 2.24) is 15.1 Å². The highest BCUT2D eigenvalue weighted by molar-refractivity contribution is 9.10. The highest BCUT2D eigenvalue weighted by Gasteiger charge is 2.21. The molecule has 0 bridgehead atoms. The van der Waals surface area contributed by atoms with Crippen molar-refractivity contribution in [1.29, 1.82) is 0 Å². The zero-order valence-corrected chi connectivity index (χ0v) is 16.6. The number of aromatic nitrogens is 2. The number of rotatable bonds is 7. The maximum absolute atomic E-state index is 4.70. The summed E-state index contributed by atoms with van der Waals surface area (Å²) in [7, 11) is 0. The fourth-order valence-electron chi connectivity index (χ4n) is 2.46. The molecule has 1 atom stereocenters. The van der Waals surface area contributed by atoms with Gasteiger partial charge in [0.15, 0.2) is 0 Å². The third kappa shape index (κ3) is 3.78. The molecule has 21 heavy (non-hydrogen) atoms. The molecule has 1 unspecified atom stereocenters. The van der Waals surface area contributed by atoms with Gasteiger partial charge in [-0.05, 0) is 63.2 Å². The number of hydrogen-bond donors (Lipinski definition) is 1. The molecule has 0 aliphatic heterocycles. The van der Waals surface area contributed by atoms with E-state index in [1.54, 1.807) is 11.3 Å². The van der Waals surface area contributed by atoms with Crippen molar-refractivity contribution < 1.29 is 0 Å². The smallest absolute Gasteiger partial charge is 0.0766 e. The van der Waals surface area contributed by atoms with Gasteiger partial charge in [-0.25, -0.2) is 0 Å². The van der Waals surface area contributed by atoms with E-state index in [0.717, 1.165) is 31.6 Å². The lowest BCUT2D eigenvalue weighted by Gasteiger charge is -2.18. The zero-order chi connectivity index (χ0) is 15.4. The summed E-state index contributed by atoms with van der Waals surface area (Å²) in [6, 6.07) is 2.43. The van der Waals surface area contributed by atoms with Crippen LogP contribution in [0.3, 0.4) is 0 Å². The zero-order valence-electron chi connectivity index (χ0n) is 12.6. The Morgan fingerprint density at radius 1 is 1.33 bits per heavy atom. The topological polar surface area (TPSA) is 29.9 Å². The molecule has 0 spiro atoms. The second-order valence-electron chi connectivity index (χ2n) is 4.82. The minimum atomic E-state index is 0.312. The maximum atomic E-state index is 4.70. The van der Waals surface area contributed by atoms with Crippen molar-refractivity contribution in [2.45, 2.75) is 46.2 Å². The molecular weight excluding hydrogens is 414 g/mol. The van der Waals surface area contributed by atoms with E-state index in [-0.39, 0.29) is 0 Å². The third-order valence-corrected chi connectivity index (χ3v) is 6.40. The van der Waals surface area contributed by atoms with Gasteiger partial charge in [0.05, 0.1) is 15.9 Å². The van der Waals surface area contributed by atoms with Crippen molar-refractivity contribution in [2.24, 2.45) is 0 Å². The van der Waals surface area contributed by atoms with E-state index in [2.05, 4.69) is 74.1 Å². The Balaban J connectivity index is 2.33. The van der Waals surface area contributed by atoms with Crippen molar-refractivity contribution >= 4 is 43.2 Å². The number of aryl methyl sites for hydroxylation is 2. The van der Waals surface area contributed by atoms with Crippen LogP contribution in [0.15, 0.2) is 20.4 Å². The van der Waals surface area contributed by atoms with E-state index in [9.17, 15) is 0 Å². The molecule has 3 nitrogen and oxygen atoms in total. The number of thiophene rings is 1. The van der Waals surface area contributed by atoms with Gasteiger partial charge in [-0.3, -0.25) is 4.68 Å². The van der Waals surface area contributed by atoms with Crippen LogP contribution in [0.5, 0.6) is 0 Å². The second kappa shape index (κ2) is 7.90. The first-order chi connectivity index (χ1) is 10.1. The minimum absolute atomic E-state index is 0.312. The summed E-state index contributed by atoms with van der Waals surface area (Å²) in [6.45, 7) is 8.30. The highest BCUT2D eigenvalue weighted by Crippen LogP contribution is 2.33. The normalized spacial score (nSPS) is 12.8. The van der Waals surface area contributed by atoms with Crippen LogP contribution in [0.4, 0.5) is 0 Å². The van der Waals surface area contributed by atoms with Crippen LogP contribution in [0.1, 0.15) is 43.1 Å². The summed E-state index contributed by atoms with van der Waals surface area (Å²) >= 11 is 9.20. The monoisotopic (exact) mass is 433 g/mol. The second-order valence-corrected chi connectivity index (χ2v) is 7.42. The standard InChI is InChI=1S/C15H21Br2N3S/c1-4-11-14(17)13(20(6-3)19-11)9-12(18-5-2)15-10(16)7-8-21-15/h7-8,12,18H,4-6,9H2,1-3H3. The molecule has 116 valence electrons. The number of likely N-dealkylation sites (N-methyl/N-ethyl adjacent to an activating group) is 1. The van der Waals surface area contributed by atoms with Crippen LogP contribution in [-0.4, -0.2) is 16.3 Å². The molecule has 2 rings (SSSR count). The Bertz CT molecular complexity index is 592. The molecule has 6 heteroatoms. The average molecular weight is 435 g/mol. The van der Waals surface area contributed by atoms with Gasteiger partial charge in [0.2, 0.25) is 0 Å².